The minimum Gasteiger partial charge on any atom is -0.503 e. The summed E-state index contributed by atoms with van der Waals surface area (Å²) in [5.74, 6) is -0.534. The average Bonchev–Trinajstić information content (AvgIpc) is 2.06. The molecule has 0 fully saturated rings. The number of ether oxygens (including phenoxy) is 1. The van der Waals surface area contributed by atoms with Crippen LogP contribution in [0.5, 0.6) is 11.5 Å². The van der Waals surface area contributed by atoms with Gasteiger partial charge in [-0.2, -0.15) is 13.2 Å². The van der Waals surface area contributed by atoms with Crippen LogP contribution >= 0.6 is 15.9 Å². The van der Waals surface area contributed by atoms with Crippen LogP contribution in [0.25, 0.3) is 0 Å². The van der Waals surface area contributed by atoms with Gasteiger partial charge in [-0.25, -0.2) is 0 Å². The number of halogens is 4. The fourth-order valence-electron chi connectivity index (χ4n) is 0.772. The number of para-hydroxylation sites is 1. The molecule has 0 saturated heterocycles. The normalized spacial score (nSPS) is 11.4. The van der Waals surface area contributed by atoms with Crippen molar-refractivity contribution in [2.45, 2.75) is 6.18 Å². The number of aromatic hydroxyl groups is 1. The van der Waals surface area contributed by atoms with Crippen molar-refractivity contribution >= 4 is 15.9 Å². The Kier molecular flexibility index (Phi) is 3.25. The number of hydrogen-bond acceptors (Lipinski definition) is 2. The van der Waals surface area contributed by atoms with E-state index in [1.807, 2.05) is 0 Å². The number of rotatable bonds is 2. The third kappa shape index (κ3) is 3.10. The molecule has 0 spiro atoms. The van der Waals surface area contributed by atoms with Gasteiger partial charge in [-0.15, -0.1) is 0 Å². The first-order chi connectivity index (χ1) is 6.40. The lowest BCUT2D eigenvalue weighted by Gasteiger charge is -2.10. The van der Waals surface area contributed by atoms with Crippen LogP contribution in [-0.2, 0) is 0 Å². The van der Waals surface area contributed by atoms with E-state index in [-0.39, 0.29) is 16.0 Å². The average molecular weight is 271 g/mol. The summed E-state index contributed by atoms with van der Waals surface area (Å²) in [4.78, 5) is 0. The molecule has 0 amide bonds. The number of phenolic OH excluding ortho intramolecular Hbond substituents is 1. The van der Waals surface area contributed by atoms with E-state index >= 15 is 0 Å². The van der Waals surface area contributed by atoms with Gasteiger partial charge in [-0.3, -0.25) is 0 Å². The van der Waals surface area contributed by atoms with E-state index in [1.165, 1.54) is 18.2 Å². The maximum absolute atomic E-state index is 11.8. The molecule has 0 aliphatic carbocycles. The van der Waals surface area contributed by atoms with Crippen LogP contribution in [0, 0.1) is 0 Å². The number of alkyl halides is 3. The van der Waals surface area contributed by atoms with Crippen molar-refractivity contribution in [3.8, 4) is 11.5 Å². The Morgan fingerprint density at radius 3 is 2.57 bits per heavy atom. The predicted octanol–water partition coefficient (Wildman–Crippen LogP) is 3.10. The van der Waals surface area contributed by atoms with Crippen molar-refractivity contribution in [2.24, 2.45) is 0 Å². The van der Waals surface area contributed by atoms with Gasteiger partial charge in [-0.05, 0) is 28.1 Å². The Labute approximate surface area is 86.4 Å². The Bertz CT molecular complexity index is 325. The van der Waals surface area contributed by atoms with E-state index in [0.29, 0.717) is 0 Å². The molecule has 0 aliphatic rings. The smallest absolute Gasteiger partial charge is 0.422 e. The Morgan fingerprint density at radius 1 is 1.36 bits per heavy atom. The van der Waals surface area contributed by atoms with Crippen molar-refractivity contribution in [3.05, 3.63) is 22.7 Å². The molecule has 0 aromatic heterocycles. The number of benzene rings is 1. The molecule has 1 aromatic carbocycles. The maximum atomic E-state index is 11.8. The van der Waals surface area contributed by atoms with Gasteiger partial charge in [0.15, 0.2) is 18.1 Å². The molecule has 0 bridgehead atoms. The minimum absolute atomic E-state index is 0.197. The fraction of sp³-hybridized carbons (Fsp3) is 0.250. The van der Waals surface area contributed by atoms with E-state index in [1.54, 1.807) is 0 Å². The van der Waals surface area contributed by atoms with Crippen molar-refractivity contribution in [1.29, 1.82) is 0 Å². The van der Waals surface area contributed by atoms with E-state index < -0.39 is 12.8 Å². The lowest BCUT2D eigenvalue weighted by Crippen LogP contribution is -2.19. The summed E-state index contributed by atoms with van der Waals surface area (Å²) in [6.45, 7) is -1.42. The SMILES string of the molecule is Oc1c(Br)cccc1OCC(F)(F)F. The fourth-order valence-corrected chi connectivity index (χ4v) is 1.12. The first-order valence-corrected chi connectivity index (χ1v) is 4.36. The van der Waals surface area contributed by atoms with Gasteiger partial charge in [0.05, 0.1) is 4.47 Å². The van der Waals surface area contributed by atoms with Crippen molar-refractivity contribution in [2.75, 3.05) is 6.61 Å². The van der Waals surface area contributed by atoms with E-state index in [2.05, 4.69) is 20.7 Å². The zero-order valence-electron chi connectivity index (χ0n) is 6.81. The molecule has 0 heterocycles. The summed E-state index contributed by atoms with van der Waals surface area (Å²) >= 11 is 2.96. The zero-order valence-corrected chi connectivity index (χ0v) is 8.39. The summed E-state index contributed by atoms with van der Waals surface area (Å²) in [6.07, 6.45) is -4.41. The van der Waals surface area contributed by atoms with Crippen molar-refractivity contribution in [1.82, 2.24) is 0 Å². The van der Waals surface area contributed by atoms with Crippen LogP contribution in [0.15, 0.2) is 22.7 Å². The zero-order chi connectivity index (χ0) is 10.8. The van der Waals surface area contributed by atoms with E-state index in [0.717, 1.165) is 0 Å². The standard InChI is InChI=1S/C8H6BrF3O2/c9-5-2-1-3-6(7(5)13)14-4-8(10,11)12/h1-3,13H,4H2. The number of phenols is 1. The molecule has 0 aliphatic heterocycles. The van der Waals surface area contributed by atoms with Gasteiger partial charge in [0.2, 0.25) is 0 Å². The minimum atomic E-state index is -4.41. The summed E-state index contributed by atoms with van der Waals surface area (Å²) in [6, 6.07) is 4.22. The molecule has 6 heteroatoms. The highest BCUT2D eigenvalue weighted by atomic mass is 79.9. The summed E-state index contributed by atoms with van der Waals surface area (Å²) < 4.78 is 39.9. The van der Waals surface area contributed by atoms with Crippen LogP contribution in [0.4, 0.5) is 13.2 Å². The molecule has 1 aromatic rings. The molecular weight excluding hydrogens is 265 g/mol. The van der Waals surface area contributed by atoms with Gasteiger partial charge in [0, 0.05) is 0 Å². The Morgan fingerprint density at radius 2 is 2.00 bits per heavy atom. The predicted molar refractivity (Wildman–Crippen MR) is 47.4 cm³/mol. The molecular formula is C8H6BrF3O2. The van der Waals surface area contributed by atoms with Gasteiger partial charge in [0.1, 0.15) is 0 Å². The summed E-state index contributed by atoms with van der Waals surface area (Å²) in [5, 5.41) is 9.26. The van der Waals surface area contributed by atoms with Crippen LogP contribution in [-0.4, -0.2) is 17.9 Å². The highest BCUT2D eigenvalue weighted by molar-refractivity contribution is 9.10. The number of hydrogen-bond donors (Lipinski definition) is 1. The molecule has 1 rings (SSSR count). The molecule has 2 nitrogen and oxygen atoms in total. The topological polar surface area (TPSA) is 29.5 Å². The Balaban J connectivity index is 2.73. The van der Waals surface area contributed by atoms with Gasteiger partial charge < -0.3 is 9.84 Å². The van der Waals surface area contributed by atoms with Gasteiger partial charge >= 0.3 is 6.18 Å². The second-order valence-electron chi connectivity index (χ2n) is 2.49. The molecule has 0 saturated carbocycles. The van der Waals surface area contributed by atoms with Crippen LogP contribution in [0.2, 0.25) is 0 Å². The second-order valence-corrected chi connectivity index (χ2v) is 3.34. The van der Waals surface area contributed by atoms with Crippen molar-refractivity contribution in [3.63, 3.8) is 0 Å². The van der Waals surface area contributed by atoms with Crippen LogP contribution in [0.1, 0.15) is 0 Å². The lowest BCUT2D eigenvalue weighted by molar-refractivity contribution is -0.153. The molecule has 0 unspecified atom stereocenters. The molecule has 0 atom stereocenters. The molecule has 14 heavy (non-hydrogen) atoms. The first-order valence-electron chi connectivity index (χ1n) is 3.57. The lowest BCUT2D eigenvalue weighted by atomic mass is 10.3. The third-order valence-corrected chi connectivity index (χ3v) is 1.98. The van der Waals surface area contributed by atoms with Gasteiger partial charge in [0.25, 0.3) is 0 Å². The first kappa shape index (κ1) is 11.2. The maximum Gasteiger partial charge on any atom is 0.422 e. The van der Waals surface area contributed by atoms with Crippen LogP contribution < -0.4 is 4.74 Å². The largest absolute Gasteiger partial charge is 0.503 e. The second kappa shape index (κ2) is 4.08. The van der Waals surface area contributed by atoms with Crippen LogP contribution in [0.3, 0.4) is 0 Å². The van der Waals surface area contributed by atoms with E-state index in [4.69, 9.17) is 0 Å². The van der Waals surface area contributed by atoms with Crippen molar-refractivity contribution < 1.29 is 23.0 Å². The summed E-state index contributed by atoms with van der Waals surface area (Å²) in [7, 11) is 0. The molecule has 78 valence electrons. The highest BCUT2D eigenvalue weighted by Crippen LogP contribution is 2.34. The monoisotopic (exact) mass is 270 g/mol. The quantitative estimate of drug-likeness (QED) is 0.895. The third-order valence-electron chi connectivity index (χ3n) is 1.34. The molecule has 1 N–H and O–H groups in total. The summed E-state index contributed by atoms with van der Waals surface area (Å²) in [5.41, 5.74) is 0. The molecule has 0 radical (unpaired) electrons. The van der Waals surface area contributed by atoms with Gasteiger partial charge in [-0.1, -0.05) is 6.07 Å². The highest BCUT2D eigenvalue weighted by Gasteiger charge is 2.28. The Hall–Kier alpha value is -0.910. The van der Waals surface area contributed by atoms with E-state index in [9.17, 15) is 18.3 Å².